The number of hydrogen-bond acceptors (Lipinski definition) is 2. The number of methoxy groups -OCH3 is 1. The Morgan fingerprint density at radius 3 is 2.47 bits per heavy atom. The second-order valence-corrected chi connectivity index (χ2v) is 4.53. The molecule has 0 spiro atoms. The summed E-state index contributed by atoms with van der Waals surface area (Å²) in [5.41, 5.74) is 6.26. The summed E-state index contributed by atoms with van der Waals surface area (Å²) in [6.45, 7) is 3.96. The summed E-state index contributed by atoms with van der Waals surface area (Å²) in [4.78, 5) is 0. The van der Waals surface area contributed by atoms with Gasteiger partial charge in [-0.25, -0.2) is 8.78 Å². The molecule has 0 bridgehead atoms. The van der Waals surface area contributed by atoms with Gasteiger partial charge in [-0.15, -0.1) is 0 Å². The summed E-state index contributed by atoms with van der Waals surface area (Å²) in [5.74, 6) is -1.43. The van der Waals surface area contributed by atoms with Crippen LogP contribution < -0.4 is 5.73 Å². The lowest BCUT2D eigenvalue weighted by Crippen LogP contribution is -2.41. The predicted octanol–water partition coefficient (Wildman–Crippen LogP) is 2.51. The van der Waals surface area contributed by atoms with Gasteiger partial charge in [-0.05, 0) is 24.0 Å². The van der Waals surface area contributed by atoms with Crippen LogP contribution in [0.4, 0.5) is 8.78 Å². The van der Waals surface area contributed by atoms with E-state index in [2.05, 4.69) is 0 Å². The fourth-order valence-corrected chi connectivity index (χ4v) is 2.02. The molecule has 0 fully saturated rings. The second kappa shape index (κ2) is 6.07. The van der Waals surface area contributed by atoms with Gasteiger partial charge in [0.2, 0.25) is 0 Å². The Morgan fingerprint density at radius 1 is 1.29 bits per heavy atom. The fraction of sp³-hybridized carbons (Fsp3) is 0.538. The lowest BCUT2D eigenvalue weighted by atomic mass is 9.94. The topological polar surface area (TPSA) is 35.2 Å². The Bertz CT molecular complexity index is 368. The van der Waals surface area contributed by atoms with E-state index >= 15 is 0 Å². The maximum Gasteiger partial charge on any atom is 0.162 e. The molecule has 17 heavy (non-hydrogen) atoms. The molecule has 0 aliphatic rings. The van der Waals surface area contributed by atoms with Gasteiger partial charge in [0.15, 0.2) is 11.6 Å². The lowest BCUT2D eigenvalue weighted by Gasteiger charge is -2.26. The van der Waals surface area contributed by atoms with Crippen LogP contribution in [0.3, 0.4) is 0 Å². The molecule has 2 unspecified atom stereocenters. The van der Waals surface area contributed by atoms with Crippen LogP contribution in [0, 0.1) is 17.6 Å². The Kier molecular flexibility index (Phi) is 5.02. The van der Waals surface area contributed by atoms with E-state index in [1.807, 2.05) is 13.8 Å². The van der Waals surface area contributed by atoms with Crippen molar-refractivity contribution < 1.29 is 13.5 Å². The minimum Gasteiger partial charge on any atom is -0.380 e. The van der Waals surface area contributed by atoms with Crippen molar-refractivity contribution in [2.75, 3.05) is 7.11 Å². The zero-order valence-corrected chi connectivity index (χ0v) is 10.4. The molecule has 0 aliphatic carbocycles. The Morgan fingerprint density at radius 2 is 1.94 bits per heavy atom. The zero-order valence-electron chi connectivity index (χ0n) is 10.4. The zero-order chi connectivity index (χ0) is 13.0. The number of nitrogens with two attached hydrogens (primary N) is 1. The van der Waals surface area contributed by atoms with Crippen molar-refractivity contribution in [1.82, 2.24) is 0 Å². The summed E-state index contributed by atoms with van der Waals surface area (Å²) in [5, 5.41) is 0. The summed E-state index contributed by atoms with van der Waals surface area (Å²) in [6.07, 6.45) is 0.0953. The first kappa shape index (κ1) is 14.1. The third-order valence-electron chi connectivity index (χ3n) is 2.84. The van der Waals surface area contributed by atoms with Gasteiger partial charge in [0, 0.05) is 13.2 Å². The molecule has 96 valence electrons. The molecule has 1 rings (SSSR count). The number of halogens is 2. The van der Waals surface area contributed by atoms with Crippen LogP contribution in [0.15, 0.2) is 18.2 Å². The number of benzene rings is 1. The van der Waals surface area contributed by atoms with Crippen molar-refractivity contribution in [3.05, 3.63) is 35.4 Å². The first-order chi connectivity index (χ1) is 7.97. The van der Waals surface area contributed by atoms with E-state index in [-0.39, 0.29) is 24.5 Å². The van der Waals surface area contributed by atoms with Gasteiger partial charge >= 0.3 is 0 Å². The minimum atomic E-state index is -0.840. The van der Waals surface area contributed by atoms with Crippen LogP contribution in [0.2, 0.25) is 0 Å². The van der Waals surface area contributed by atoms with E-state index in [0.717, 1.165) is 6.07 Å². The van der Waals surface area contributed by atoms with Crippen molar-refractivity contribution in [3.8, 4) is 0 Å². The fourth-order valence-electron chi connectivity index (χ4n) is 2.02. The van der Waals surface area contributed by atoms with E-state index in [1.54, 1.807) is 13.2 Å². The van der Waals surface area contributed by atoms with E-state index in [1.165, 1.54) is 6.07 Å². The van der Waals surface area contributed by atoms with Gasteiger partial charge in [0.25, 0.3) is 0 Å². The minimum absolute atomic E-state index is 0.169. The van der Waals surface area contributed by atoms with Crippen molar-refractivity contribution in [2.24, 2.45) is 11.7 Å². The monoisotopic (exact) mass is 243 g/mol. The normalized spacial score (nSPS) is 15.0. The summed E-state index contributed by atoms with van der Waals surface area (Å²) >= 11 is 0. The van der Waals surface area contributed by atoms with Crippen molar-refractivity contribution in [3.63, 3.8) is 0 Å². The Balaban J connectivity index is 2.80. The predicted molar refractivity (Wildman–Crippen MR) is 63.7 cm³/mol. The quantitative estimate of drug-likeness (QED) is 0.862. The average molecular weight is 243 g/mol. The molecule has 2 atom stereocenters. The highest BCUT2D eigenvalue weighted by Gasteiger charge is 2.22. The maximum atomic E-state index is 13.5. The van der Waals surface area contributed by atoms with Crippen LogP contribution in [0.25, 0.3) is 0 Å². The molecule has 1 aromatic carbocycles. The standard InChI is InChI=1S/C13H19F2NO/c1-8(2)13(17-3)11(16)7-9-5-4-6-10(14)12(9)15/h4-6,8,11,13H,7,16H2,1-3H3. The van der Waals surface area contributed by atoms with Crippen LogP contribution in [0.1, 0.15) is 19.4 Å². The smallest absolute Gasteiger partial charge is 0.162 e. The molecule has 2 N–H and O–H groups in total. The molecule has 0 radical (unpaired) electrons. The van der Waals surface area contributed by atoms with Gasteiger partial charge in [0.05, 0.1) is 6.10 Å². The van der Waals surface area contributed by atoms with E-state index in [9.17, 15) is 8.78 Å². The molecule has 0 amide bonds. The van der Waals surface area contributed by atoms with Gasteiger partial charge in [-0.3, -0.25) is 0 Å². The van der Waals surface area contributed by atoms with Crippen molar-refractivity contribution in [2.45, 2.75) is 32.4 Å². The highest BCUT2D eigenvalue weighted by Crippen LogP contribution is 2.17. The van der Waals surface area contributed by atoms with Gasteiger partial charge < -0.3 is 10.5 Å². The van der Waals surface area contributed by atoms with Crippen LogP contribution in [-0.2, 0) is 11.2 Å². The molecule has 2 nitrogen and oxygen atoms in total. The van der Waals surface area contributed by atoms with Gasteiger partial charge in [-0.2, -0.15) is 0 Å². The molecule has 0 saturated heterocycles. The number of ether oxygens (including phenoxy) is 1. The first-order valence-electron chi connectivity index (χ1n) is 5.68. The molecule has 1 aromatic rings. The van der Waals surface area contributed by atoms with Gasteiger partial charge in [-0.1, -0.05) is 26.0 Å². The molecule has 4 heteroatoms. The highest BCUT2D eigenvalue weighted by molar-refractivity contribution is 5.20. The SMILES string of the molecule is COC(C(C)C)C(N)Cc1cccc(F)c1F. The second-order valence-electron chi connectivity index (χ2n) is 4.53. The highest BCUT2D eigenvalue weighted by atomic mass is 19.2. The maximum absolute atomic E-state index is 13.5. The first-order valence-corrected chi connectivity index (χ1v) is 5.68. The molecular weight excluding hydrogens is 224 g/mol. The molecule has 0 heterocycles. The molecular formula is C13H19F2NO. The lowest BCUT2D eigenvalue weighted by molar-refractivity contribution is 0.0439. The van der Waals surface area contributed by atoms with E-state index < -0.39 is 11.6 Å². The molecule has 0 aliphatic heterocycles. The van der Waals surface area contributed by atoms with Crippen LogP contribution in [-0.4, -0.2) is 19.3 Å². The van der Waals surface area contributed by atoms with E-state index in [4.69, 9.17) is 10.5 Å². The Hall–Kier alpha value is -1.00. The van der Waals surface area contributed by atoms with Crippen LogP contribution >= 0.6 is 0 Å². The largest absolute Gasteiger partial charge is 0.380 e. The molecule has 0 saturated carbocycles. The third kappa shape index (κ3) is 3.48. The number of hydrogen-bond donors (Lipinski definition) is 1. The summed E-state index contributed by atoms with van der Waals surface area (Å²) in [7, 11) is 1.58. The average Bonchev–Trinajstić information content (AvgIpc) is 2.25. The number of rotatable bonds is 5. The van der Waals surface area contributed by atoms with Crippen molar-refractivity contribution in [1.29, 1.82) is 0 Å². The molecule has 0 aromatic heterocycles. The summed E-state index contributed by atoms with van der Waals surface area (Å²) in [6, 6.07) is 3.78. The Labute approximate surface area is 101 Å². The van der Waals surface area contributed by atoms with E-state index in [0.29, 0.717) is 5.56 Å². The van der Waals surface area contributed by atoms with Crippen LogP contribution in [0.5, 0.6) is 0 Å². The third-order valence-corrected chi connectivity index (χ3v) is 2.84. The van der Waals surface area contributed by atoms with Crippen molar-refractivity contribution >= 4 is 0 Å². The van der Waals surface area contributed by atoms with Gasteiger partial charge in [0.1, 0.15) is 0 Å². The summed E-state index contributed by atoms with van der Waals surface area (Å²) < 4.78 is 31.8.